The summed E-state index contributed by atoms with van der Waals surface area (Å²) in [5.74, 6) is 2.41. The van der Waals surface area contributed by atoms with Crippen LogP contribution in [0.4, 0.5) is 11.4 Å². The number of ether oxygens (including phenoxy) is 2. The molecular weight excluding hydrogens is 504 g/mol. The normalized spacial score (nSPS) is 19.1. The van der Waals surface area contributed by atoms with E-state index >= 15 is 0 Å². The first-order valence-electron chi connectivity index (χ1n) is 14.2. The second kappa shape index (κ2) is 11.0. The van der Waals surface area contributed by atoms with Crippen molar-refractivity contribution in [2.75, 3.05) is 12.4 Å². The fourth-order valence-electron chi connectivity index (χ4n) is 6.25. The molecule has 1 aliphatic carbocycles. The average Bonchev–Trinajstić information content (AvgIpc) is 3.53. The number of hydrogen-bond donors (Lipinski definition) is 1. The molecule has 4 heteroatoms. The number of para-hydroxylation sites is 1. The van der Waals surface area contributed by atoms with E-state index in [1.165, 1.54) is 27.6 Å². The van der Waals surface area contributed by atoms with E-state index in [1.54, 1.807) is 7.11 Å². The highest BCUT2D eigenvalue weighted by Gasteiger charge is 2.37. The molecule has 1 aliphatic heterocycles. The number of nitrogens with zero attached hydrogens (tertiary/aromatic N) is 1. The highest BCUT2D eigenvalue weighted by atomic mass is 16.5. The van der Waals surface area contributed by atoms with Crippen molar-refractivity contribution >= 4 is 28.4 Å². The minimum Gasteiger partial charge on any atom is -0.493 e. The molecule has 7 rings (SSSR count). The molecule has 2 aliphatic rings. The number of benzene rings is 5. The lowest BCUT2D eigenvalue weighted by Gasteiger charge is -2.37. The molecule has 41 heavy (non-hydrogen) atoms. The predicted molar refractivity (Wildman–Crippen MR) is 168 cm³/mol. The first-order chi connectivity index (χ1) is 20.3. The number of nitrogens with one attached hydrogen (secondary N) is 1. The van der Waals surface area contributed by atoms with Crippen LogP contribution in [0.1, 0.15) is 40.6 Å². The maximum atomic E-state index is 6.18. The topological polar surface area (TPSA) is 42.8 Å². The highest BCUT2D eigenvalue weighted by Crippen LogP contribution is 2.49. The van der Waals surface area contributed by atoms with Gasteiger partial charge in [-0.2, -0.15) is 0 Å². The number of rotatable bonds is 7. The van der Waals surface area contributed by atoms with Crippen LogP contribution in [0.2, 0.25) is 0 Å². The van der Waals surface area contributed by atoms with Crippen molar-refractivity contribution in [3.63, 3.8) is 0 Å². The summed E-state index contributed by atoms with van der Waals surface area (Å²) < 4.78 is 11.8. The SMILES string of the molecule is COc1cc(C=Nc2ccc([C@@H]3Nc4ccccc4[C@@H]4C=CC[C@H]43)cc2)ccc1OCc1cccc2ccccc12. The first kappa shape index (κ1) is 25.2. The molecular formula is C37H32N2O2. The molecule has 0 bridgehead atoms. The molecule has 0 saturated heterocycles. The van der Waals surface area contributed by atoms with Gasteiger partial charge in [0, 0.05) is 17.8 Å². The lowest BCUT2D eigenvalue weighted by molar-refractivity contribution is 0.285. The second-order valence-electron chi connectivity index (χ2n) is 10.7. The van der Waals surface area contributed by atoms with Crippen LogP contribution in [0, 0.1) is 5.92 Å². The van der Waals surface area contributed by atoms with Crippen molar-refractivity contribution in [2.45, 2.75) is 25.0 Å². The van der Waals surface area contributed by atoms with E-state index in [9.17, 15) is 0 Å². The maximum Gasteiger partial charge on any atom is 0.161 e. The number of anilines is 1. The molecule has 0 radical (unpaired) electrons. The van der Waals surface area contributed by atoms with Gasteiger partial charge in [-0.3, -0.25) is 4.99 Å². The molecule has 0 amide bonds. The molecule has 0 spiro atoms. The number of aliphatic imine (C=N–C) groups is 1. The van der Waals surface area contributed by atoms with E-state index in [1.807, 2.05) is 24.4 Å². The van der Waals surface area contributed by atoms with Crippen LogP contribution >= 0.6 is 0 Å². The molecule has 0 fully saturated rings. The van der Waals surface area contributed by atoms with Crippen molar-refractivity contribution in [1.82, 2.24) is 0 Å². The summed E-state index contributed by atoms with van der Waals surface area (Å²) in [5.41, 5.74) is 6.96. The smallest absolute Gasteiger partial charge is 0.161 e. The van der Waals surface area contributed by atoms with Crippen LogP contribution in [0.3, 0.4) is 0 Å². The molecule has 1 heterocycles. The molecule has 0 aromatic heterocycles. The Morgan fingerprint density at radius 3 is 2.59 bits per heavy atom. The zero-order valence-electron chi connectivity index (χ0n) is 23.0. The molecule has 202 valence electrons. The Balaban J connectivity index is 1.04. The van der Waals surface area contributed by atoms with Gasteiger partial charge < -0.3 is 14.8 Å². The van der Waals surface area contributed by atoms with Gasteiger partial charge in [0.25, 0.3) is 0 Å². The van der Waals surface area contributed by atoms with Gasteiger partial charge in [-0.05, 0) is 81.8 Å². The van der Waals surface area contributed by atoms with Gasteiger partial charge in [-0.15, -0.1) is 0 Å². The van der Waals surface area contributed by atoms with E-state index in [0.29, 0.717) is 29.9 Å². The van der Waals surface area contributed by atoms with Gasteiger partial charge in [-0.1, -0.05) is 84.9 Å². The summed E-state index contributed by atoms with van der Waals surface area (Å²) in [7, 11) is 1.67. The van der Waals surface area contributed by atoms with Crippen molar-refractivity contribution < 1.29 is 9.47 Å². The molecule has 3 atom stereocenters. The molecule has 4 nitrogen and oxygen atoms in total. The highest BCUT2D eigenvalue weighted by molar-refractivity contribution is 5.85. The van der Waals surface area contributed by atoms with Gasteiger partial charge in [0.15, 0.2) is 11.5 Å². The number of allylic oxidation sites excluding steroid dienone is 2. The fourth-order valence-corrected chi connectivity index (χ4v) is 6.25. The van der Waals surface area contributed by atoms with Gasteiger partial charge in [-0.25, -0.2) is 0 Å². The number of hydrogen-bond acceptors (Lipinski definition) is 4. The standard InChI is InChI=1S/C37H32N2O2/c1-40-36-22-25(16-21-35(36)41-24-28-10-6-9-26-8-2-3-11-30(26)28)23-38-29-19-17-27(18-20-29)37-33-14-7-13-31(33)32-12-4-5-15-34(32)39-37/h2-13,15-23,31,33,37,39H,14,24H2,1H3/t31-,33+,37-/m0/s1. The van der Waals surface area contributed by atoms with Crippen LogP contribution in [-0.4, -0.2) is 13.3 Å². The van der Waals surface area contributed by atoms with Crippen molar-refractivity contribution in [2.24, 2.45) is 10.9 Å². The molecule has 0 unspecified atom stereocenters. The van der Waals surface area contributed by atoms with Crippen LogP contribution in [0.5, 0.6) is 11.5 Å². The summed E-state index contributed by atoms with van der Waals surface area (Å²) in [5, 5.41) is 6.22. The average molecular weight is 537 g/mol. The predicted octanol–water partition coefficient (Wildman–Crippen LogP) is 9.00. The summed E-state index contributed by atoms with van der Waals surface area (Å²) in [4.78, 5) is 4.74. The minimum atomic E-state index is 0.286. The Bertz CT molecular complexity index is 1750. The van der Waals surface area contributed by atoms with Crippen molar-refractivity contribution in [3.8, 4) is 11.5 Å². The number of methoxy groups -OCH3 is 1. The summed E-state index contributed by atoms with van der Waals surface area (Å²) in [6.07, 6.45) is 7.68. The fraction of sp³-hybridized carbons (Fsp3) is 0.162. The third-order valence-corrected chi connectivity index (χ3v) is 8.34. The van der Waals surface area contributed by atoms with E-state index in [2.05, 4.69) is 108 Å². The maximum absolute atomic E-state index is 6.18. The third kappa shape index (κ3) is 4.98. The second-order valence-corrected chi connectivity index (χ2v) is 10.7. The summed E-state index contributed by atoms with van der Waals surface area (Å²) in [6, 6.07) is 38.2. The molecule has 0 saturated carbocycles. The first-order valence-corrected chi connectivity index (χ1v) is 14.2. The van der Waals surface area contributed by atoms with Crippen molar-refractivity contribution in [1.29, 1.82) is 0 Å². The summed E-state index contributed by atoms with van der Waals surface area (Å²) >= 11 is 0. The Morgan fingerprint density at radius 1 is 0.854 bits per heavy atom. The van der Waals surface area contributed by atoms with E-state index in [4.69, 9.17) is 14.5 Å². The van der Waals surface area contributed by atoms with E-state index in [-0.39, 0.29) is 6.04 Å². The van der Waals surface area contributed by atoms with Crippen LogP contribution < -0.4 is 14.8 Å². The lowest BCUT2D eigenvalue weighted by Crippen LogP contribution is -2.28. The molecule has 1 N–H and O–H groups in total. The van der Waals surface area contributed by atoms with Crippen LogP contribution in [0.15, 0.2) is 126 Å². The van der Waals surface area contributed by atoms with E-state index in [0.717, 1.165) is 23.2 Å². The van der Waals surface area contributed by atoms with Crippen LogP contribution in [0.25, 0.3) is 10.8 Å². The minimum absolute atomic E-state index is 0.286. The van der Waals surface area contributed by atoms with Gasteiger partial charge in [0.2, 0.25) is 0 Å². The zero-order chi connectivity index (χ0) is 27.6. The van der Waals surface area contributed by atoms with Gasteiger partial charge in [0.05, 0.1) is 18.8 Å². The van der Waals surface area contributed by atoms with Crippen LogP contribution in [-0.2, 0) is 6.61 Å². The van der Waals surface area contributed by atoms with Gasteiger partial charge >= 0.3 is 0 Å². The quantitative estimate of drug-likeness (QED) is 0.167. The number of fused-ring (bicyclic) bond motifs is 4. The molecule has 5 aromatic rings. The molecule has 5 aromatic carbocycles. The van der Waals surface area contributed by atoms with Crippen molar-refractivity contribution in [3.05, 3.63) is 144 Å². The zero-order valence-corrected chi connectivity index (χ0v) is 23.0. The lowest BCUT2D eigenvalue weighted by atomic mass is 9.77. The van der Waals surface area contributed by atoms with E-state index < -0.39 is 0 Å². The Kier molecular flexibility index (Phi) is 6.73. The Labute approximate surface area is 241 Å². The Hall–Kier alpha value is -4.83. The van der Waals surface area contributed by atoms with Gasteiger partial charge in [0.1, 0.15) is 6.61 Å². The summed E-state index contributed by atoms with van der Waals surface area (Å²) in [6.45, 7) is 0.469. The third-order valence-electron chi connectivity index (χ3n) is 8.34. The largest absolute Gasteiger partial charge is 0.493 e. The monoisotopic (exact) mass is 536 g/mol. The Morgan fingerprint density at radius 2 is 1.68 bits per heavy atom.